The summed E-state index contributed by atoms with van der Waals surface area (Å²) >= 11 is 6.09. The Balaban J connectivity index is 2.14. The number of amides is 1. The van der Waals surface area contributed by atoms with Crippen molar-refractivity contribution in [3.63, 3.8) is 0 Å². The van der Waals surface area contributed by atoms with E-state index in [-0.39, 0.29) is 5.91 Å². The Morgan fingerprint density at radius 1 is 1.38 bits per heavy atom. The number of aryl methyl sites for hydroxylation is 1. The number of halogens is 1. The van der Waals surface area contributed by atoms with Crippen molar-refractivity contribution in [1.82, 2.24) is 14.7 Å². The fourth-order valence-corrected chi connectivity index (χ4v) is 2.23. The second-order valence-corrected chi connectivity index (χ2v) is 5.29. The summed E-state index contributed by atoms with van der Waals surface area (Å²) in [5, 5.41) is 7.97. The monoisotopic (exact) mass is 306 g/mol. The second-order valence-electron chi connectivity index (χ2n) is 4.89. The molecule has 6 heteroatoms. The summed E-state index contributed by atoms with van der Waals surface area (Å²) in [6.45, 7) is 3.52. The van der Waals surface area contributed by atoms with Gasteiger partial charge in [-0.15, -0.1) is 0 Å². The molecule has 2 rings (SSSR count). The highest BCUT2D eigenvalue weighted by Crippen LogP contribution is 2.22. The molecule has 0 fully saturated rings. The minimum Gasteiger partial charge on any atom is -0.379 e. The van der Waals surface area contributed by atoms with Crippen LogP contribution in [-0.2, 0) is 13.1 Å². The van der Waals surface area contributed by atoms with Gasteiger partial charge in [0.05, 0.1) is 22.8 Å². The van der Waals surface area contributed by atoms with Crippen LogP contribution in [-0.4, -0.2) is 34.7 Å². The molecule has 0 aliphatic rings. The number of benzene rings is 1. The first-order valence-corrected chi connectivity index (χ1v) is 7.16. The van der Waals surface area contributed by atoms with Crippen LogP contribution >= 0.6 is 11.6 Å². The molecule has 0 saturated carbocycles. The molecule has 5 nitrogen and oxygen atoms in total. The molecule has 1 aromatic carbocycles. The third kappa shape index (κ3) is 3.55. The lowest BCUT2D eigenvalue weighted by Crippen LogP contribution is -2.22. The van der Waals surface area contributed by atoms with Crippen LogP contribution in [0.3, 0.4) is 0 Å². The fraction of sp³-hybridized carbons (Fsp3) is 0.333. The molecule has 21 heavy (non-hydrogen) atoms. The van der Waals surface area contributed by atoms with Gasteiger partial charge in [0.2, 0.25) is 0 Å². The van der Waals surface area contributed by atoms with Gasteiger partial charge in [0.15, 0.2) is 0 Å². The molecule has 1 heterocycles. The van der Waals surface area contributed by atoms with Crippen molar-refractivity contribution < 1.29 is 4.79 Å². The maximum Gasteiger partial charge on any atom is 0.254 e. The molecule has 0 bridgehead atoms. The lowest BCUT2D eigenvalue weighted by atomic mass is 10.1. The van der Waals surface area contributed by atoms with Crippen molar-refractivity contribution in [1.29, 1.82) is 0 Å². The topological polar surface area (TPSA) is 50.2 Å². The van der Waals surface area contributed by atoms with Crippen molar-refractivity contribution in [2.75, 3.05) is 19.4 Å². The minimum absolute atomic E-state index is 0.109. The Morgan fingerprint density at radius 3 is 2.81 bits per heavy atom. The smallest absolute Gasteiger partial charge is 0.254 e. The standard InChI is InChI=1S/C15H19ClN4O/c1-4-20-12(7-8-18-20)10-17-11-5-6-14(16)13(9-11)15(21)19(2)3/h5-9,17H,4,10H2,1-3H3. The summed E-state index contributed by atoms with van der Waals surface area (Å²) in [5.41, 5.74) is 2.44. The van der Waals surface area contributed by atoms with E-state index in [1.165, 1.54) is 4.90 Å². The molecule has 1 aromatic heterocycles. The largest absolute Gasteiger partial charge is 0.379 e. The predicted octanol–water partition coefficient (Wildman–Crippen LogP) is 2.87. The lowest BCUT2D eigenvalue weighted by molar-refractivity contribution is 0.0828. The number of carbonyl (C=O) groups excluding carboxylic acids is 1. The van der Waals surface area contributed by atoms with E-state index in [1.54, 1.807) is 32.4 Å². The summed E-state index contributed by atoms with van der Waals surface area (Å²) in [7, 11) is 3.41. The average molecular weight is 307 g/mol. The third-order valence-electron chi connectivity index (χ3n) is 3.18. The maximum absolute atomic E-state index is 12.1. The number of nitrogens with one attached hydrogen (secondary N) is 1. The summed E-state index contributed by atoms with van der Waals surface area (Å²) < 4.78 is 1.93. The van der Waals surface area contributed by atoms with Gasteiger partial charge in [-0.2, -0.15) is 5.10 Å². The Bertz CT molecular complexity index is 636. The quantitative estimate of drug-likeness (QED) is 0.924. The molecule has 0 aliphatic carbocycles. The Hall–Kier alpha value is -2.01. The predicted molar refractivity (Wildman–Crippen MR) is 84.7 cm³/mol. The zero-order valence-electron chi connectivity index (χ0n) is 12.4. The van der Waals surface area contributed by atoms with Gasteiger partial charge < -0.3 is 10.2 Å². The zero-order valence-corrected chi connectivity index (χ0v) is 13.2. The van der Waals surface area contributed by atoms with E-state index in [2.05, 4.69) is 10.4 Å². The molecule has 0 atom stereocenters. The highest BCUT2D eigenvalue weighted by atomic mass is 35.5. The molecule has 2 aromatic rings. The number of carbonyl (C=O) groups is 1. The van der Waals surface area contributed by atoms with E-state index >= 15 is 0 Å². The van der Waals surface area contributed by atoms with Crippen molar-refractivity contribution in [2.24, 2.45) is 0 Å². The number of hydrogen-bond acceptors (Lipinski definition) is 3. The number of rotatable bonds is 5. The van der Waals surface area contributed by atoms with Gasteiger partial charge in [-0.3, -0.25) is 9.48 Å². The van der Waals surface area contributed by atoms with Crippen molar-refractivity contribution in [3.8, 4) is 0 Å². The first kappa shape index (κ1) is 15.4. The highest BCUT2D eigenvalue weighted by Gasteiger charge is 2.13. The normalized spacial score (nSPS) is 10.5. The molecule has 0 spiro atoms. The van der Waals surface area contributed by atoms with Crippen LogP contribution in [0.1, 0.15) is 23.0 Å². The van der Waals surface area contributed by atoms with E-state index < -0.39 is 0 Å². The van der Waals surface area contributed by atoms with Gasteiger partial charge in [0, 0.05) is 32.5 Å². The van der Waals surface area contributed by atoms with Gasteiger partial charge in [-0.1, -0.05) is 11.6 Å². The van der Waals surface area contributed by atoms with E-state index in [0.29, 0.717) is 17.1 Å². The Labute approximate surface area is 129 Å². The highest BCUT2D eigenvalue weighted by molar-refractivity contribution is 6.34. The summed E-state index contributed by atoms with van der Waals surface area (Å²) in [4.78, 5) is 13.6. The first-order valence-electron chi connectivity index (χ1n) is 6.78. The molecule has 112 valence electrons. The Kier molecular flexibility index (Phi) is 4.85. The SMILES string of the molecule is CCn1nccc1CNc1ccc(Cl)c(C(=O)N(C)C)c1. The number of hydrogen-bond donors (Lipinski definition) is 1. The van der Waals surface area contributed by atoms with E-state index in [1.807, 2.05) is 23.7 Å². The van der Waals surface area contributed by atoms with Gasteiger partial charge in [0.25, 0.3) is 5.91 Å². The van der Waals surface area contributed by atoms with Crippen molar-refractivity contribution >= 4 is 23.2 Å². The van der Waals surface area contributed by atoms with Crippen LogP contribution in [0, 0.1) is 0 Å². The summed E-state index contributed by atoms with van der Waals surface area (Å²) in [6.07, 6.45) is 1.78. The van der Waals surface area contributed by atoms with Crippen LogP contribution in [0.5, 0.6) is 0 Å². The molecular formula is C15H19ClN4O. The van der Waals surface area contributed by atoms with Crippen LogP contribution in [0.15, 0.2) is 30.5 Å². The third-order valence-corrected chi connectivity index (χ3v) is 3.51. The van der Waals surface area contributed by atoms with E-state index in [4.69, 9.17) is 11.6 Å². The number of nitrogens with zero attached hydrogens (tertiary/aromatic N) is 3. The van der Waals surface area contributed by atoms with Crippen molar-refractivity contribution in [2.45, 2.75) is 20.0 Å². The molecular weight excluding hydrogens is 288 g/mol. The first-order chi connectivity index (χ1) is 10.0. The number of aromatic nitrogens is 2. The van der Waals surface area contributed by atoms with Gasteiger partial charge in [-0.05, 0) is 31.2 Å². The van der Waals surface area contributed by atoms with Crippen LogP contribution in [0.4, 0.5) is 5.69 Å². The van der Waals surface area contributed by atoms with Crippen LogP contribution in [0.2, 0.25) is 5.02 Å². The summed E-state index contributed by atoms with van der Waals surface area (Å²) in [6, 6.07) is 7.34. The molecule has 1 N–H and O–H groups in total. The van der Waals surface area contributed by atoms with Crippen molar-refractivity contribution in [3.05, 3.63) is 46.7 Å². The molecule has 0 aliphatic heterocycles. The van der Waals surface area contributed by atoms with Gasteiger partial charge in [0.1, 0.15) is 0 Å². The fourth-order valence-electron chi connectivity index (χ4n) is 2.03. The molecule has 1 amide bonds. The second kappa shape index (κ2) is 6.63. The molecule has 0 saturated heterocycles. The minimum atomic E-state index is -0.109. The van der Waals surface area contributed by atoms with Gasteiger partial charge >= 0.3 is 0 Å². The zero-order chi connectivity index (χ0) is 15.4. The average Bonchev–Trinajstić information content (AvgIpc) is 2.93. The van der Waals surface area contributed by atoms with E-state index in [0.717, 1.165) is 17.9 Å². The number of anilines is 1. The summed E-state index contributed by atoms with van der Waals surface area (Å²) in [5.74, 6) is -0.109. The Morgan fingerprint density at radius 2 is 2.14 bits per heavy atom. The molecule has 0 unspecified atom stereocenters. The van der Waals surface area contributed by atoms with Crippen LogP contribution < -0.4 is 5.32 Å². The molecule has 0 radical (unpaired) electrons. The lowest BCUT2D eigenvalue weighted by Gasteiger charge is -2.14. The maximum atomic E-state index is 12.1. The van der Waals surface area contributed by atoms with Crippen LogP contribution in [0.25, 0.3) is 0 Å². The van der Waals surface area contributed by atoms with Gasteiger partial charge in [-0.25, -0.2) is 0 Å². The van der Waals surface area contributed by atoms with E-state index in [9.17, 15) is 4.79 Å².